The van der Waals surface area contributed by atoms with Gasteiger partial charge in [0.1, 0.15) is 11.5 Å². The molecule has 252 valence electrons. The van der Waals surface area contributed by atoms with Crippen LogP contribution in [0.1, 0.15) is 83.9 Å². The number of hydrogen-bond donors (Lipinski definition) is 3. The van der Waals surface area contributed by atoms with Gasteiger partial charge in [0.25, 0.3) is 5.91 Å². The lowest BCUT2D eigenvalue weighted by Crippen LogP contribution is -2.41. The molecule has 15 heteroatoms. The molecule has 1 unspecified atom stereocenters. The van der Waals surface area contributed by atoms with Gasteiger partial charge in [0, 0.05) is 42.4 Å². The molecule has 1 aliphatic carbocycles. The lowest BCUT2D eigenvalue weighted by Gasteiger charge is -2.32. The number of aromatic carboxylic acids is 1. The van der Waals surface area contributed by atoms with Crippen molar-refractivity contribution in [1.82, 2.24) is 19.2 Å². The number of carboxylic acids is 1. The highest BCUT2D eigenvalue weighted by molar-refractivity contribution is 7.76. The van der Waals surface area contributed by atoms with E-state index in [-0.39, 0.29) is 41.0 Å². The van der Waals surface area contributed by atoms with Crippen molar-refractivity contribution in [3.63, 3.8) is 0 Å². The minimum Gasteiger partial charge on any atom is -0.478 e. The van der Waals surface area contributed by atoms with Gasteiger partial charge in [-0.3, -0.25) is 9.35 Å². The molecule has 0 bridgehead atoms. The molecule has 1 saturated heterocycles. The number of nitrogens with one attached hydrogen (secondary N) is 1. The number of halogens is 2. The summed E-state index contributed by atoms with van der Waals surface area (Å²) in [4.78, 5) is 25.5. The molecule has 3 heterocycles. The maximum Gasteiger partial charge on any atom is 0.497 e. The number of benzene rings is 2. The fourth-order valence-corrected chi connectivity index (χ4v) is 6.75. The van der Waals surface area contributed by atoms with E-state index >= 15 is 0 Å². The van der Waals surface area contributed by atoms with Crippen LogP contribution in [0.4, 0.5) is 4.39 Å². The number of fused-ring (bicyclic) bond motifs is 1. The number of carbonyl (C=O) groups is 2. The van der Waals surface area contributed by atoms with Gasteiger partial charge in [0.2, 0.25) is 11.3 Å². The highest BCUT2D eigenvalue weighted by Gasteiger charge is 2.53. The zero-order valence-electron chi connectivity index (χ0n) is 27.0. The molecule has 0 radical (unpaired) electrons. The molecular formula is C33H35BClFN4O7S. The number of carbonyl (C=O) groups excluding carboxylic acids is 1. The molecule has 2 aliphatic rings. The second-order valence-corrected chi connectivity index (χ2v) is 14.5. The van der Waals surface area contributed by atoms with E-state index in [1.165, 1.54) is 29.6 Å². The highest BCUT2D eigenvalue weighted by atomic mass is 35.5. The molecule has 1 aliphatic heterocycles. The van der Waals surface area contributed by atoms with Crippen LogP contribution in [0.25, 0.3) is 16.8 Å². The normalized spacial score (nSPS) is 17.6. The average Bonchev–Trinajstić information content (AvgIpc) is 3.75. The minimum atomic E-state index is -2.47. The Morgan fingerprint density at radius 2 is 1.77 bits per heavy atom. The number of hydrogen-bond acceptors (Lipinski definition) is 6. The van der Waals surface area contributed by atoms with Crippen LogP contribution >= 0.6 is 11.6 Å². The lowest BCUT2D eigenvalue weighted by molar-refractivity contribution is 0.00578. The van der Waals surface area contributed by atoms with Crippen LogP contribution in [-0.4, -0.2) is 65.0 Å². The summed E-state index contributed by atoms with van der Waals surface area (Å²) in [6.07, 6.45) is 3.56. The maximum absolute atomic E-state index is 13.7. The first-order valence-corrected chi connectivity index (χ1v) is 16.8. The van der Waals surface area contributed by atoms with Crippen molar-refractivity contribution < 1.29 is 37.2 Å². The third-order valence-corrected chi connectivity index (χ3v) is 10.3. The minimum absolute atomic E-state index is 0.00490. The SMILES string of the molecule is CNC(=O)c1c(-c2ccc(F)cc2)nn2cc(CN(Cc3cc(Cl)c(B4OC(C)(C)C(C)(C)O4)c(C(=O)O)c3)S(=O)O)c(C3CC3)cc12. The molecule has 2 aromatic heterocycles. The van der Waals surface area contributed by atoms with E-state index in [2.05, 4.69) is 10.4 Å². The van der Waals surface area contributed by atoms with Crippen LogP contribution < -0.4 is 10.8 Å². The number of rotatable bonds is 10. The zero-order valence-corrected chi connectivity index (χ0v) is 28.6. The summed E-state index contributed by atoms with van der Waals surface area (Å²) >= 11 is 4.21. The van der Waals surface area contributed by atoms with Crippen molar-refractivity contribution in [2.24, 2.45) is 0 Å². The van der Waals surface area contributed by atoms with E-state index in [4.69, 9.17) is 20.9 Å². The first kappa shape index (κ1) is 34.2. The van der Waals surface area contributed by atoms with E-state index in [9.17, 15) is 27.8 Å². The second-order valence-electron chi connectivity index (χ2n) is 13.1. The third-order valence-electron chi connectivity index (χ3n) is 9.31. The topological polar surface area (TPSA) is 143 Å². The molecule has 6 rings (SSSR count). The van der Waals surface area contributed by atoms with Gasteiger partial charge in [-0.25, -0.2) is 17.9 Å². The molecule has 4 aromatic rings. The third kappa shape index (κ3) is 6.40. The highest BCUT2D eigenvalue weighted by Crippen LogP contribution is 2.43. The molecule has 1 saturated carbocycles. The molecule has 2 aromatic carbocycles. The summed E-state index contributed by atoms with van der Waals surface area (Å²) in [6.45, 7) is 7.30. The number of carboxylic acid groups (broad SMARTS) is 1. The first-order chi connectivity index (χ1) is 22.6. The summed E-state index contributed by atoms with van der Waals surface area (Å²) in [5, 5.41) is 17.6. The Morgan fingerprint density at radius 3 is 2.33 bits per heavy atom. The number of nitrogens with zero attached hydrogens (tertiary/aromatic N) is 3. The summed E-state index contributed by atoms with van der Waals surface area (Å²) < 4.78 is 51.9. The van der Waals surface area contributed by atoms with E-state index in [0.717, 1.165) is 18.4 Å². The van der Waals surface area contributed by atoms with Crippen molar-refractivity contribution >= 4 is 52.8 Å². The van der Waals surface area contributed by atoms with Gasteiger partial charge in [-0.2, -0.15) is 9.40 Å². The summed E-state index contributed by atoms with van der Waals surface area (Å²) in [7, 11) is 0.501. The van der Waals surface area contributed by atoms with E-state index < -0.39 is 41.4 Å². The predicted molar refractivity (Wildman–Crippen MR) is 180 cm³/mol. The van der Waals surface area contributed by atoms with Crippen LogP contribution in [0.2, 0.25) is 5.02 Å². The van der Waals surface area contributed by atoms with Crippen LogP contribution in [0.5, 0.6) is 0 Å². The van der Waals surface area contributed by atoms with E-state index in [1.807, 2.05) is 33.8 Å². The van der Waals surface area contributed by atoms with Crippen LogP contribution in [0, 0.1) is 5.82 Å². The number of aromatic nitrogens is 2. The van der Waals surface area contributed by atoms with Crippen molar-refractivity contribution in [2.45, 2.75) is 70.7 Å². The van der Waals surface area contributed by atoms with E-state index in [1.54, 1.807) is 28.9 Å². The monoisotopic (exact) mass is 696 g/mol. The Kier molecular flexibility index (Phi) is 9.03. The van der Waals surface area contributed by atoms with Gasteiger partial charge in [-0.1, -0.05) is 11.6 Å². The van der Waals surface area contributed by atoms with Gasteiger partial charge in [-0.05, 0) is 106 Å². The average molecular weight is 697 g/mol. The van der Waals surface area contributed by atoms with Crippen LogP contribution in [-0.2, 0) is 33.7 Å². The summed E-state index contributed by atoms with van der Waals surface area (Å²) in [5.41, 5.74) is 2.41. The first-order valence-electron chi connectivity index (χ1n) is 15.4. The van der Waals surface area contributed by atoms with Crippen LogP contribution in [0.15, 0.2) is 48.7 Å². The molecule has 11 nitrogen and oxygen atoms in total. The van der Waals surface area contributed by atoms with Gasteiger partial charge >= 0.3 is 13.1 Å². The number of pyridine rings is 1. The Labute approximate surface area is 284 Å². The molecule has 48 heavy (non-hydrogen) atoms. The molecule has 3 N–H and O–H groups in total. The van der Waals surface area contributed by atoms with Crippen molar-refractivity contribution in [3.05, 3.63) is 87.3 Å². The van der Waals surface area contributed by atoms with E-state index in [0.29, 0.717) is 33.5 Å². The smallest absolute Gasteiger partial charge is 0.478 e. The maximum atomic E-state index is 13.7. The van der Waals surface area contributed by atoms with Crippen molar-refractivity contribution in [3.8, 4) is 11.3 Å². The molecular weight excluding hydrogens is 662 g/mol. The second kappa shape index (κ2) is 12.7. The quantitative estimate of drug-likeness (QED) is 0.152. The Hall–Kier alpha value is -3.66. The zero-order chi connectivity index (χ0) is 34.7. The molecule has 0 spiro atoms. The Morgan fingerprint density at radius 1 is 1.12 bits per heavy atom. The number of amides is 1. The standard InChI is InChI=1S/C33H35BClFN4O7S/c1-32(2)33(3,4)47-34(46-32)28-24(31(42)43)12-18(13-25(28)35)15-39(48(44)45)16-21-17-40-26(14-23(21)19-6-7-19)27(30(41)37-5)29(38-40)20-8-10-22(36)11-9-20/h8-14,17,19H,6-7,15-16H2,1-5H3,(H,37,41)(H,42,43)(H,44,45). The van der Waals surface area contributed by atoms with Gasteiger partial charge in [0.15, 0.2) is 0 Å². The fourth-order valence-electron chi connectivity index (χ4n) is 5.91. The molecule has 1 amide bonds. The van der Waals surface area contributed by atoms with Gasteiger partial charge in [0.05, 0.1) is 27.8 Å². The summed E-state index contributed by atoms with van der Waals surface area (Å²) in [5.74, 6) is -1.83. The predicted octanol–water partition coefficient (Wildman–Crippen LogP) is 5.17. The van der Waals surface area contributed by atoms with Gasteiger partial charge in [-0.15, -0.1) is 0 Å². The summed E-state index contributed by atoms with van der Waals surface area (Å²) in [6, 6.07) is 10.6. The largest absolute Gasteiger partial charge is 0.497 e. The Bertz CT molecular complexity index is 1950. The molecule has 2 fully saturated rings. The van der Waals surface area contributed by atoms with Gasteiger partial charge < -0.3 is 19.7 Å². The Balaban J connectivity index is 1.37. The van der Waals surface area contributed by atoms with Crippen molar-refractivity contribution in [1.29, 1.82) is 0 Å². The fraction of sp³-hybridized carbons (Fsp3) is 0.364. The van der Waals surface area contributed by atoms with Crippen LogP contribution in [0.3, 0.4) is 0 Å². The van der Waals surface area contributed by atoms with Crippen molar-refractivity contribution in [2.75, 3.05) is 7.05 Å². The lowest BCUT2D eigenvalue weighted by atomic mass is 9.75. The molecule has 1 atom stereocenters.